The molecule has 55 heavy (non-hydrogen) atoms. The lowest BCUT2D eigenvalue weighted by Crippen LogP contribution is -2.30. The SMILES string of the molecule is CCCCC/C=C\C/C=C\CCCCCCCCCC(=O)OCC(COC(=O)CCC/C=C\CCCCCC)OC(=O)CCCCCCCCCCCCC. The number of ether oxygens (including phenoxy) is 3. The average Bonchev–Trinajstić information content (AvgIpc) is 3.18. The van der Waals surface area contributed by atoms with E-state index in [0.29, 0.717) is 19.3 Å². The first-order chi connectivity index (χ1) is 27.0. The van der Waals surface area contributed by atoms with E-state index in [-0.39, 0.29) is 31.1 Å². The average molecular weight is 773 g/mol. The van der Waals surface area contributed by atoms with Crippen LogP contribution in [0.2, 0.25) is 0 Å². The third kappa shape index (κ3) is 42.6. The van der Waals surface area contributed by atoms with Crippen molar-refractivity contribution < 1.29 is 28.6 Å². The molecule has 0 aliphatic rings. The molecule has 0 aromatic carbocycles. The van der Waals surface area contributed by atoms with Gasteiger partial charge in [-0.25, -0.2) is 0 Å². The fourth-order valence-corrected chi connectivity index (χ4v) is 6.53. The highest BCUT2D eigenvalue weighted by Gasteiger charge is 2.19. The van der Waals surface area contributed by atoms with Crippen molar-refractivity contribution in [3.63, 3.8) is 0 Å². The minimum absolute atomic E-state index is 0.0828. The molecule has 0 aromatic heterocycles. The highest BCUT2D eigenvalue weighted by Crippen LogP contribution is 2.14. The molecule has 0 fully saturated rings. The predicted molar refractivity (Wildman–Crippen MR) is 233 cm³/mol. The van der Waals surface area contributed by atoms with Gasteiger partial charge in [0.1, 0.15) is 13.2 Å². The Hall–Kier alpha value is -2.37. The molecule has 0 aliphatic heterocycles. The highest BCUT2D eigenvalue weighted by molar-refractivity contribution is 5.71. The predicted octanol–water partition coefficient (Wildman–Crippen LogP) is 15.0. The van der Waals surface area contributed by atoms with Crippen LogP contribution in [0.15, 0.2) is 36.5 Å². The van der Waals surface area contributed by atoms with Gasteiger partial charge < -0.3 is 14.2 Å². The van der Waals surface area contributed by atoms with Gasteiger partial charge in [-0.3, -0.25) is 14.4 Å². The molecule has 0 spiro atoms. The number of carbonyl (C=O) groups is 3. The summed E-state index contributed by atoms with van der Waals surface area (Å²) in [5, 5.41) is 0. The lowest BCUT2D eigenvalue weighted by atomic mass is 10.1. The van der Waals surface area contributed by atoms with Crippen LogP contribution in [-0.2, 0) is 28.6 Å². The molecule has 1 unspecified atom stereocenters. The Kier molecular flexibility index (Phi) is 42.4. The van der Waals surface area contributed by atoms with Gasteiger partial charge in [-0.1, -0.05) is 186 Å². The van der Waals surface area contributed by atoms with Crippen molar-refractivity contribution in [2.24, 2.45) is 0 Å². The van der Waals surface area contributed by atoms with Gasteiger partial charge in [-0.05, 0) is 70.6 Å². The maximum Gasteiger partial charge on any atom is 0.306 e. The number of carbonyl (C=O) groups excluding carboxylic acids is 3. The Labute approximate surface area is 340 Å². The zero-order valence-electron chi connectivity index (χ0n) is 36.4. The summed E-state index contributed by atoms with van der Waals surface area (Å²) in [6.07, 6.45) is 49.9. The fraction of sp³-hybridized carbons (Fsp3) is 0.816. The van der Waals surface area contributed by atoms with Crippen LogP contribution in [0.4, 0.5) is 0 Å². The maximum absolute atomic E-state index is 12.7. The maximum atomic E-state index is 12.7. The molecular weight excluding hydrogens is 685 g/mol. The van der Waals surface area contributed by atoms with Gasteiger partial charge in [-0.2, -0.15) is 0 Å². The van der Waals surface area contributed by atoms with E-state index in [2.05, 4.69) is 57.2 Å². The summed E-state index contributed by atoms with van der Waals surface area (Å²) >= 11 is 0. The number of unbranched alkanes of at least 4 members (excludes halogenated alkanes) is 25. The zero-order valence-corrected chi connectivity index (χ0v) is 36.4. The molecule has 0 radical (unpaired) electrons. The topological polar surface area (TPSA) is 78.9 Å². The second-order valence-electron chi connectivity index (χ2n) is 15.7. The second kappa shape index (κ2) is 44.3. The molecule has 0 saturated heterocycles. The van der Waals surface area contributed by atoms with Crippen molar-refractivity contribution >= 4 is 17.9 Å². The number of allylic oxidation sites excluding steroid dienone is 6. The van der Waals surface area contributed by atoms with Gasteiger partial charge in [0.15, 0.2) is 6.10 Å². The Bertz CT molecular complexity index is 938. The third-order valence-electron chi connectivity index (χ3n) is 10.1. The smallest absolute Gasteiger partial charge is 0.306 e. The van der Waals surface area contributed by atoms with Crippen LogP contribution in [0.25, 0.3) is 0 Å². The molecule has 0 heterocycles. The number of hydrogen-bond acceptors (Lipinski definition) is 6. The molecule has 0 bridgehead atoms. The van der Waals surface area contributed by atoms with E-state index in [0.717, 1.165) is 70.6 Å². The quantitative estimate of drug-likeness (QED) is 0.0266. The van der Waals surface area contributed by atoms with Crippen molar-refractivity contribution in [2.75, 3.05) is 13.2 Å². The first-order valence-corrected chi connectivity index (χ1v) is 23.5. The van der Waals surface area contributed by atoms with E-state index in [1.54, 1.807) is 0 Å². The van der Waals surface area contributed by atoms with Crippen molar-refractivity contribution in [3.05, 3.63) is 36.5 Å². The standard InChI is InChI=1S/C49H88O6/c1-4-7-10-13-16-19-21-22-23-24-25-26-28-30-33-36-39-42-48(51)54-45-46(44-53-47(50)41-38-35-32-29-18-15-12-9-6-3)55-49(52)43-40-37-34-31-27-20-17-14-11-8-5-2/h16,19,22-23,29,32,46H,4-15,17-18,20-21,24-28,30-31,33-45H2,1-3H3/b19-16-,23-22-,32-29-. The second-order valence-corrected chi connectivity index (χ2v) is 15.7. The highest BCUT2D eigenvalue weighted by atomic mass is 16.6. The molecule has 6 nitrogen and oxygen atoms in total. The van der Waals surface area contributed by atoms with Crippen LogP contribution in [0.3, 0.4) is 0 Å². The van der Waals surface area contributed by atoms with Crippen molar-refractivity contribution in [3.8, 4) is 0 Å². The monoisotopic (exact) mass is 773 g/mol. The molecule has 1 atom stereocenters. The van der Waals surface area contributed by atoms with Gasteiger partial charge in [0.25, 0.3) is 0 Å². The normalized spacial score (nSPS) is 12.3. The van der Waals surface area contributed by atoms with Gasteiger partial charge in [0.2, 0.25) is 0 Å². The van der Waals surface area contributed by atoms with Crippen molar-refractivity contribution in [2.45, 2.75) is 245 Å². The fourth-order valence-electron chi connectivity index (χ4n) is 6.53. The van der Waals surface area contributed by atoms with Crippen LogP contribution in [0.1, 0.15) is 239 Å². The summed E-state index contributed by atoms with van der Waals surface area (Å²) in [5.74, 6) is -0.924. The molecule has 0 saturated carbocycles. The van der Waals surface area contributed by atoms with Crippen LogP contribution < -0.4 is 0 Å². The van der Waals surface area contributed by atoms with E-state index in [4.69, 9.17) is 14.2 Å². The molecule has 0 aromatic rings. The lowest BCUT2D eigenvalue weighted by molar-refractivity contribution is -0.167. The third-order valence-corrected chi connectivity index (χ3v) is 10.1. The van der Waals surface area contributed by atoms with Crippen LogP contribution in [0, 0.1) is 0 Å². The van der Waals surface area contributed by atoms with Crippen molar-refractivity contribution in [1.82, 2.24) is 0 Å². The van der Waals surface area contributed by atoms with Gasteiger partial charge in [0.05, 0.1) is 0 Å². The first kappa shape index (κ1) is 52.6. The molecule has 0 aliphatic carbocycles. The summed E-state index contributed by atoms with van der Waals surface area (Å²) in [7, 11) is 0. The summed E-state index contributed by atoms with van der Waals surface area (Å²) in [6, 6.07) is 0. The van der Waals surface area contributed by atoms with Crippen molar-refractivity contribution in [1.29, 1.82) is 0 Å². The minimum atomic E-state index is -0.780. The van der Waals surface area contributed by atoms with E-state index in [1.807, 2.05) is 0 Å². The number of hydrogen-bond donors (Lipinski definition) is 0. The summed E-state index contributed by atoms with van der Waals surface area (Å²) in [5.41, 5.74) is 0. The van der Waals surface area contributed by atoms with E-state index >= 15 is 0 Å². The van der Waals surface area contributed by atoms with Crippen LogP contribution >= 0.6 is 0 Å². The van der Waals surface area contributed by atoms with Gasteiger partial charge >= 0.3 is 17.9 Å². The minimum Gasteiger partial charge on any atom is -0.462 e. The number of esters is 3. The lowest BCUT2D eigenvalue weighted by Gasteiger charge is -2.18. The van der Waals surface area contributed by atoms with Gasteiger partial charge in [0, 0.05) is 19.3 Å². The van der Waals surface area contributed by atoms with E-state index in [1.165, 1.54) is 128 Å². The van der Waals surface area contributed by atoms with Crippen LogP contribution in [0.5, 0.6) is 0 Å². The molecule has 320 valence electrons. The Balaban J connectivity index is 4.33. The van der Waals surface area contributed by atoms with E-state index < -0.39 is 6.10 Å². The molecule has 0 N–H and O–H groups in total. The summed E-state index contributed by atoms with van der Waals surface area (Å²) < 4.78 is 16.7. The first-order valence-electron chi connectivity index (χ1n) is 23.5. The van der Waals surface area contributed by atoms with Crippen LogP contribution in [-0.4, -0.2) is 37.2 Å². The summed E-state index contributed by atoms with van der Waals surface area (Å²) in [6.45, 7) is 6.54. The zero-order chi connectivity index (χ0) is 40.1. The Morgan fingerprint density at radius 3 is 1.15 bits per heavy atom. The molecular formula is C49H88O6. The molecule has 6 heteroatoms. The molecule has 0 rings (SSSR count). The molecule has 0 amide bonds. The van der Waals surface area contributed by atoms with Gasteiger partial charge in [-0.15, -0.1) is 0 Å². The van der Waals surface area contributed by atoms with E-state index in [9.17, 15) is 14.4 Å². The Morgan fingerprint density at radius 2 is 0.673 bits per heavy atom. The number of rotatable bonds is 42. The Morgan fingerprint density at radius 1 is 0.364 bits per heavy atom. The summed E-state index contributed by atoms with van der Waals surface area (Å²) in [4.78, 5) is 37.7. The largest absolute Gasteiger partial charge is 0.462 e.